The predicted molar refractivity (Wildman–Crippen MR) is 102 cm³/mol. The summed E-state index contributed by atoms with van der Waals surface area (Å²) in [5.74, 6) is 0.720. The monoisotopic (exact) mass is 376 g/mol. The molecule has 0 aromatic heterocycles. The lowest BCUT2D eigenvalue weighted by Crippen LogP contribution is -2.33. The number of aryl methyl sites for hydroxylation is 2. The molecular formula is C18H20N2O3S2. The third-order valence-corrected chi connectivity index (χ3v) is 6.38. The largest absolute Gasteiger partial charge is 0.311 e. The van der Waals surface area contributed by atoms with Gasteiger partial charge in [0.2, 0.25) is 5.91 Å². The zero-order chi connectivity index (χ0) is 18.2. The van der Waals surface area contributed by atoms with Crippen LogP contribution in [-0.2, 0) is 14.8 Å². The summed E-state index contributed by atoms with van der Waals surface area (Å²) in [5.41, 5.74) is 3.17. The summed E-state index contributed by atoms with van der Waals surface area (Å²) in [6, 6.07) is 10.5. The van der Waals surface area contributed by atoms with Gasteiger partial charge < -0.3 is 4.90 Å². The summed E-state index contributed by atoms with van der Waals surface area (Å²) in [6.07, 6.45) is 0. The number of amides is 1. The molecule has 0 radical (unpaired) electrons. The zero-order valence-corrected chi connectivity index (χ0v) is 16.0. The van der Waals surface area contributed by atoms with Crippen molar-refractivity contribution in [1.29, 1.82) is 0 Å². The van der Waals surface area contributed by atoms with Crippen LogP contribution in [0.3, 0.4) is 0 Å². The minimum absolute atomic E-state index is 0.0848. The smallest absolute Gasteiger partial charge is 0.261 e. The molecule has 0 aliphatic carbocycles. The van der Waals surface area contributed by atoms with Crippen LogP contribution in [0.5, 0.6) is 0 Å². The highest BCUT2D eigenvalue weighted by Crippen LogP contribution is 2.36. The molecule has 1 aliphatic rings. The van der Waals surface area contributed by atoms with Gasteiger partial charge >= 0.3 is 0 Å². The van der Waals surface area contributed by atoms with E-state index in [2.05, 4.69) is 4.72 Å². The molecule has 0 bridgehead atoms. The second-order valence-corrected chi connectivity index (χ2v) is 8.95. The molecule has 0 spiro atoms. The van der Waals surface area contributed by atoms with Crippen molar-refractivity contribution in [1.82, 2.24) is 0 Å². The minimum atomic E-state index is -3.73. The van der Waals surface area contributed by atoms with Gasteiger partial charge in [0.25, 0.3) is 10.0 Å². The number of sulfonamides is 1. The van der Waals surface area contributed by atoms with Crippen LogP contribution in [0.2, 0.25) is 0 Å². The normalized spacial score (nSPS) is 14.1. The van der Waals surface area contributed by atoms with Crippen LogP contribution in [0.4, 0.5) is 11.4 Å². The molecular weight excluding hydrogens is 356 g/mol. The molecule has 2 aromatic carbocycles. The van der Waals surface area contributed by atoms with Crippen LogP contribution in [0, 0.1) is 13.8 Å². The van der Waals surface area contributed by atoms with Gasteiger partial charge in [-0.2, -0.15) is 0 Å². The maximum absolute atomic E-state index is 12.8. The van der Waals surface area contributed by atoms with Crippen molar-refractivity contribution in [3.8, 4) is 0 Å². The standard InChI is InChI=1S/C18H20N2O3S2/c1-12-8-13(2)10-15(9-12)19-25(22,23)16-4-5-18-17(11-16)20(14(3)21)6-7-24-18/h4-5,8-11,19H,6-7H2,1-3H3. The topological polar surface area (TPSA) is 66.5 Å². The molecule has 5 nitrogen and oxygen atoms in total. The Morgan fingerprint density at radius 1 is 1.12 bits per heavy atom. The fraction of sp³-hybridized carbons (Fsp3) is 0.278. The number of hydrogen-bond acceptors (Lipinski definition) is 4. The Bertz CT molecular complexity index is 919. The Kier molecular flexibility index (Phi) is 4.79. The van der Waals surface area contributed by atoms with Crippen molar-refractivity contribution in [2.45, 2.75) is 30.6 Å². The average Bonchev–Trinajstić information content (AvgIpc) is 2.52. The van der Waals surface area contributed by atoms with Crippen molar-refractivity contribution in [2.24, 2.45) is 0 Å². The molecule has 1 aliphatic heterocycles. The zero-order valence-electron chi connectivity index (χ0n) is 14.4. The molecule has 1 N–H and O–H groups in total. The number of carbonyl (C=O) groups is 1. The molecule has 132 valence electrons. The maximum atomic E-state index is 12.8. The number of fused-ring (bicyclic) bond motifs is 1. The van der Waals surface area contributed by atoms with E-state index in [1.54, 1.807) is 47.0 Å². The molecule has 3 rings (SSSR count). The van der Waals surface area contributed by atoms with E-state index < -0.39 is 10.0 Å². The number of thioether (sulfide) groups is 1. The first-order valence-corrected chi connectivity index (χ1v) is 10.4. The van der Waals surface area contributed by atoms with Crippen LogP contribution in [0.1, 0.15) is 18.1 Å². The SMILES string of the molecule is CC(=O)N1CCSc2ccc(S(=O)(=O)Nc3cc(C)cc(C)c3)cc21. The number of anilines is 2. The molecule has 0 saturated heterocycles. The molecule has 0 saturated carbocycles. The number of benzene rings is 2. The van der Waals surface area contributed by atoms with Crippen molar-refractivity contribution in [3.63, 3.8) is 0 Å². The highest BCUT2D eigenvalue weighted by Gasteiger charge is 2.24. The molecule has 0 unspecified atom stereocenters. The summed E-state index contributed by atoms with van der Waals surface area (Å²) in [6.45, 7) is 5.92. The summed E-state index contributed by atoms with van der Waals surface area (Å²) < 4.78 is 28.2. The van der Waals surface area contributed by atoms with Gasteiger partial charge in [-0.3, -0.25) is 9.52 Å². The van der Waals surface area contributed by atoms with Crippen LogP contribution in [-0.4, -0.2) is 26.6 Å². The third kappa shape index (κ3) is 3.82. The molecule has 0 fully saturated rings. The number of nitrogens with zero attached hydrogens (tertiary/aromatic N) is 1. The fourth-order valence-electron chi connectivity index (χ4n) is 2.94. The highest BCUT2D eigenvalue weighted by atomic mass is 32.2. The lowest BCUT2D eigenvalue weighted by Gasteiger charge is -2.28. The summed E-state index contributed by atoms with van der Waals surface area (Å²) in [4.78, 5) is 14.5. The Morgan fingerprint density at radius 2 is 1.80 bits per heavy atom. The van der Waals surface area contributed by atoms with Gasteiger partial charge in [0, 0.05) is 29.8 Å². The van der Waals surface area contributed by atoms with Gasteiger partial charge in [0.1, 0.15) is 0 Å². The first-order chi connectivity index (χ1) is 11.8. The molecule has 1 heterocycles. The van der Waals surface area contributed by atoms with E-state index in [4.69, 9.17) is 0 Å². The van der Waals surface area contributed by atoms with Crippen LogP contribution >= 0.6 is 11.8 Å². The van der Waals surface area contributed by atoms with Gasteiger partial charge in [-0.15, -0.1) is 11.8 Å². The highest BCUT2D eigenvalue weighted by molar-refractivity contribution is 7.99. The lowest BCUT2D eigenvalue weighted by atomic mass is 10.1. The van der Waals surface area contributed by atoms with E-state index in [0.717, 1.165) is 21.8 Å². The predicted octanol–water partition coefficient (Wildman–Crippen LogP) is 3.56. The molecule has 7 heteroatoms. The van der Waals surface area contributed by atoms with E-state index in [0.29, 0.717) is 17.9 Å². The Hall–Kier alpha value is -1.99. The summed E-state index contributed by atoms with van der Waals surface area (Å²) in [7, 11) is -3.73. The van der Waals surface area contributed by atoms with E-state index in [1.165, 1.54) is 6.92 Å². The summed E-state index contributed by atoms with van der Waals surface area (Å²) >= 11 is 1.63. The molecule has 0 atom stereocenters. The average molecular weight is 377 g/mol. The van der Waals surface area contributed by atoms with Gasteiger partial charge in [-0.05, 0) is 55.3 Å². The molecule has 1 amide bonds. The minimum Gasteiger partial charge on any atom is -0.311 e. The summed E-state index contributed by atoms with van der Waals surface area (Å²) in [5, 5.41) is 0. The van der Waals surface area contributed by atoms with Gasteiger partial charge in [0.15, 0.2) is 0 Å². The second kappa shape index (κ2) is 6.72. The van der Waals surface area contributed by atoms with Crippen molar-refractivity contribution in [2.75, 3.05) is 21.9 Å². The number of nitrogens with one attached hydrogen (secondary N) is 1. The molecule has 25 heavy (non-hydrogen) atoms. The van der Waals surface area contributed by atoms with Gasteiger partial charge in [0.05, 0.1) is 10.6 Å². The second-order valence-electron chi connectivity index (χ2n) is 6.13. The Balaban J connectivity index is 1.98. The van der Waals surface area contributed by atoms with Crippen LogP contribution < -0.4 is 9.62 Å². The van der Waals surface area contributed by atoms with Gasteiger partial charge in [-0.1, -0.05) is 6.07 Å². The first kappa shape index (κ1) is 17.8. The van der Waals surface area contributed by atoms with Crippen LogP contribution in [0.15, 0.2) is 46.2 Å². The maximum Gasteiger partial charge on any atom is 0.261 e. The van der Waals surface area contributed by atoms with E-state index in [1.807, 2.05) is 19.9 Å². The first-order valence-electron chi connectivity index (χ1n) is 7.92. The molecule has 2 aromatic rings. The Morgan fingerprint density at radius 3 is 2.44 bits per heavy atom. The van der Waals surface area contributed by atoms with E-state index in [9.17, 15) is 13.2 Å². The van der Waals surface area contributed by atoms with Crippen molar-refractivity contribution >= 4 is 39.1 Å². The fourth-order valence-corrected chi connectivity index (χ4v) is 4.97. The van der Waals surface area contributed by atoms with Crippen LogP contribution in [0.25, 0.3) is 0 Å². The van der Waals surface area contributed by atoms with E-state index >= 15 is 0 Å². The lowest BCUT2D eigenvalue weighted by molar-refractivity contribution is -0.116. The Labute approximate surface area is 152 Å². The van der Waals surface area contributed by atoms with E-state index in [-0.39, 0.29) is 10.8 Å². The number of hydrogen-bond donors (Lipinski definition) is 1. The van der Waals surface area contributed by atoms with Crippen molar-refractivity contribution in [3.05, 3.63) is 47.5 Å². The van der Waals surface area contributed by atoms with Crippen molar-refractivity contribution < 1.29 is 13.2 Å². The number of rotatable bonds is 3. The van der Waals surface area contributed by atoms with Gasteiger partial charge in [-0.25, -0.2) is 8.42 Å². The quantitative estimate of drug-likeness (QED) is 0.889. The number of carbonyl (C=O) groups excluding carboxylic acids is 1. The third-order valence-electron chi connectivity index (χ3n) is 3.96.